The van der Waals surface area contributed by atoms with Gasteiger partial charge in [0.1, 0.15) is 0 Å². The molecule has 3 aromatic rings. The summed E-state index contributed by atoms with van der Waals surface area (Å²) in [6, 6.07) is 0.541. The van der Waals surface area contributed by atoms with Crippen molar-refractivity contribution in [2.24, 2.45) is 0 Å². The van der Waals surface area contributed by atoms with Crippen molar-refractivity contribution in [2.75, 3.05) is 48.3 Å². The molecule has 1 unspecified atom stereocenters. The summed E-state index contributed by atoms with van der Waals surface area (Å²) in [7, 11) is 0. The van der Waals surface area contributed by atoms with E-state index in [1.165, 1.54) is 19.3 Å². The summed E-state index contributed by atoms with van der Waals surface area (Å²) in [4.78, 5) is 15.5. The third kappa shape index (κ3) is 11.5. The second-order valence-electron chi connectivity index (χ2n) is 7.91. The minimum absolute atomic E-state index is 0.0516. The molecule has 2 heterocycles. The van der Waals surface area contributed by atoms with Gasteiger partial charge in [0.2, 0.25) is 11.9 Å². The summed E-state index contributed by atoms with van der Waals surface area (Å²) in [6.45, 7) is 2.55. The number of hydrogen-bond donors (Lipinski definition) is 2. The molecule has 0 spiro atoms. The van der Waals surface area contributed by atoms with Gasteiger partial charge in [-0.1, -0.05) is 0 Å². The molecule has 0 amide bonds. The van der Waals surface area contributed by atoms with E-state index in [9.17, 15) is 26.3 Å². The first kappa shape index (κ1) is 33.1. The minimum atomic E-state index is -4.90. The van der Waals surface area contributed by atoms with Crippen LogP contribution < -0.4 is 20.5 Å². The molecule has 0 radical (unpaired) electrons. The first-order valence-corrected chi connectivity index (χ1v) is 14.3. The molecule has 0 fully saturated rings. The van der Waals surface area contributed by atoms with Crippen molar-refractivity contribution < 1.29 is 35.8 Å². The molecule has 3 rings (SSSR count). The fourth-order valence-electron chi connectivity index (χ4n) is 2.86. The zero-order valence-electron chi connectivity index (χ0n) is 21.7. The van der Waals surface area contributed by atoms with Crippen molar-refractivity contribution in [3.63, 3.8) is 0 Å². The van der Waals surface area contributed by atoms with Gasteiger partial charge in [0.05, 0.1) is 55.2 Å². The summed E-state index contributed by atoms with van der Waals surface area (Å²) in [5.41, 5.74) is 2.37. The number of benzene rings is 1. The van der Waals surface area contributed by atoms with E-state index in [2.05, 4.69) is 25.3 Å². The van der Waals surface area contributed by atoms with Gasteiger partial charge < -0.3 is 20.5 Å². The maximum atomic E-state index is 13.0. The summed E-state index contributed by atoms with van der Waals surface area (Å²) < 4.78 is 88.5. The summed E-state index contributed by atoms with van der Waals surface area (Å²) in [5.74, 6) is 3.13. The van der Waals surface area contributed by atoms with Gasteiger partial charge in [-0.05, 0) is 43.2 Å². The van der Waals surface area contributed by atoms with E-state index in [1.54, 1.807) is 35.9 Å². The van der Waals surface area contributed by atoms with Crippen LogP contribution in [0.1, 0.15) is 29.7 Å². The molecule has 3 N–H and O–H groups in total. The average molecular weight is 611 g/mol. The van der Waals surface area contributed by atoms with Crippen LogP contribution in [-0.4, -0.2) is 57.2 Å². The maximum absolute atomic E-state index is 13.0. The number of thioether (sulfide) groups is 2. The molecule has 0 saturated carbocycles. The molecule has 8 nitrogen and oxygen atoms in total. The Kier molecular flexibility index (Phi) is 12.9. The highest BCUT2D eigenvalue weighted by Crippen LogP contribution is 2.37. The Morgan fingerprint density at radius 2 is 1.20 bits per heavy atom. The summed E-state index contributed by atoms with van der Waals surface area (Å²) in [6.07, 6.45) is 0.0374. The fourth-order valence-corrected chi connectivity index (χ4v) is 3.36. The molecule has 40 heavy (non-hydrogen) atoms. The Balaban J connectivity index is 0.000000389. The number of hydrogen-bond acceptors (Lipinski definition) is 10. The Bertz CT molecular complexity index is 1140. The lowest BCUT2D eigenvalue weighted by Gasteiger charge is -2.19. The van der Waals surface area contributed by atoms with E-state index in [0.29, 0.717) is 36.8 Å². The Morgan fingerprint density at radius 1 is 0.775 bits per heavy atom. The first-order chi connectivity index (χ1) is 18.8. The Labute approximate surface area is 235 Å². The second kappa shape index (κ2) is 15.6. The highest BCUT2D eigenvalue weighted by atomic mass is 32.2. The monoisotopic (exact) mass is 610 g/mol. The van der Waals surface area contributed by atoms with Gasteiger partial charge >= 0.3 is 12.4 Å². The lowest BCUT2D eigenvalue weighted by molar-refractivity contribution is -0.143. The lowest BCUT2D eigenvalue weighted by atomic mass is 10.0. The predicted octanol–water partition coefficient (Wildman–Crippen LogP) is 6.23. The zero-order chi connectivity index (χ0) is 29.8. The number of rotatable bonds is 11. The van der Waals surface area contributed by atoms with Crippen LogP contribution in [0, 0.1) is 0 Å². The smallest absolute Gasteiger partial charge is 0.416 e. The number of anilines is 2. The topological polar surface area (TPSA) is 108 Å². The van der Waals surface area contributed by atoms with Gasteiger partial charge in [0.25, 0.3) is 0 Å². The normalized spacial score (nSPS) is 12.2. The van der Waals surface area contributed by atoms with Crippen LogP contribution in [0.2, 0.25) is 0 Å². The lowest BCUT2D eigenvalue weighted by Crippen LogP contribution is -2.15. The summed E-state index contributed by atoms with van der Waals surface area (Å²) >= 11 is 3.33. The van der Waals surface area contributed by atoms with Crippen LogP contribution in [-0.2, 0) is 12.4 Å². The minimum Gasteiger partial charge on any atom is -0.489 e. The largest absolute Gasteiger partial charge is 0.489 e. The molecule has 220 valence electrons. The van der Waals surface area contributed by atoms with Gasteiger partial charge in [-0.2, -0.15) is 49.9 Å². The molecular formula is C24H28F6N6O2S2. The van der Waals surface area contributed by atoms with Crippen molar-refractivity contribution in [1.82, 2.24) is 19.9 Å². The molecule has 0 aliphatic carbocycles. The van der Waals surface area contributed by atoms with Crippen LogP contribution in [0.15, 0.2) is 43.0 Å². The quantitative estimate of drug-likeness (QED) is 0.192. The molecular weight excluding hydrogens is 582 g/mol. The fraction of sp³-hybridized carbons (Fsp3) is 0.417. The number of aromatic nitrogens is 4. The molecule has 1 atom stereocenters. The van der Waals surface area contributed by atoms with Crippen molar-refractivity contribution in [1.29, 1.82) is 0 Å². The van der Waals surface area contributed by atoms with Crippen LogP contribution >= 0.6 is 23.5 Å². The van der Waals surface area contributed by atoms with E-state index < -0.39 is 29.5 Å². The number of halogens is 6. The standard InChI is InChI=1S/C17H17F6N3OS.C7H11N3OS/c1-10(26-15-24-8-14(9-25-15)27-3-4-28-2)11-5-12(16(18,19)20)7-13(6-11)17(21,22)23;1-12-3-2-11-6-4-9-7(8)10-5-6/h5-10H,3-4H2,1-2H3,(H,24,25,26);4-5H,2-3H2,1H3,(H2,8,9,10). The predicted molar refractivity (Wildman–Crippen MR) is 145 cm³/mol. The van der Waals surface area contributed by atoms with E-state index in [4.69, 9.17) is 15.2 Å². The third-order valence-corrected chi connectivity index (χ3v) is 5.99. The van der Waals surface area contributed by atoms with Gasteiger partial charge in [-0.25, -0.2) is 19.9 Å². The highest BCUT2D eigenvalue weighted by Gasteiger charge is 2.37. The van der Waals surface area contributed by atoms with Crippen molar-refractivity contribution >= 4 is 35.4 Å². The van der Waals surface area contributed by atoms with Gasteiger partial charge in [-0.3, -0.25) is 0 Å². The highest BCUT2D eigenvalue weighted by molar-refractivity contribution is 7.98. The number of ether oxygens (including phenoxy) is 2. The Hall–Kier alpha value is -3.14. The second-order valence-corrected chi connectivity index (χ2v) is 9.88. The SMILES string of the molecule is CSCCOc1cnc(N)nc1.CSCCOc1cnc(NC(C)c2cc(C(F)(F)F)cc(C(F)(F)F)c2)nc1. The first-order valence-electron chi connectivity index (χ1n) is 11.5. The number of nitrogens with one attached hydrogen (secondary N) is 1. The van der Waals surface area contributed by atoms with E-state index in [-0.39, 0.29) is 23.5 Å². The maximum Gasteiger partial charge on any atom is 0.416 e. The van der Waals surface area contributed by atoms with E-state index in [0.717, 1.165) is 11.5 Å². The third-order valence-electron chi connectivity index (χ3n) is 4.84. The molecule has 16 heteroatoms. The van der Waals surface area contributed by atoms with Gasteiger partial charge in [-0.15, -0.1) is 0 Å². The summed E-state index contributed by atoms with van der Waals surface area (Å²) in [5, 5.41) is 2.69. The van der Waals surface area contributed by atoms with Crippen molar-refractivity contribution in [2.45, 2.75) is 25.3 Å². The van der Waals surface area contributed by atoms with Crippen molar-refractivity contribution in [3.8, 4) is 11.5 Å². The van der Waals surface area contributed by atoms with Gasteiger partial charge in [0, 0.05) is 11.5 Å². The molecule has 2 aromatic heterocycles. The molecule has 0 aliphatic rings. The number of nitrogen functional groups attached to an aromatic ring is 1. The molecule has 1 aromatic carbocycles. The number of alkyl halides is 6. The van der Waals surface area contributed by atoms with Crippen LogP contribution in [0.4, 0.5) is 38.2 Å². The number of nitrogens with zero attached hydrogens (tertiary/aromatic N) is 4. The van der Waals surface area contributed by atoms with Crippen LogP contribution in [0.5, 0.6) is 11.5 Å². The Morgan fingerprint density at radius 3 is 1.60 bits per heavy atom. The molecule has 0 aliphatic heterocycles. The van der Waals surface area contributed by atoms with Crippen LogP contribution in [0.25, 0.3) is 0 Å². The number of nitrogens with two attached hydrogens (primary N) is 1. The average Bonchev–Trinajstić information content (AvgIpc) is 2.90. The van der Waals surface area contributed by atoms with Crippen LogP contribution in [0.3, 0.4) is 0 Å². The van der Waals surface area contributed by atoms with E-state index in [1.807, 2.05) is 12.5 Å². The molecule has 0 bridgehead atoms. The van der Waals surface area contributed by atoms with Crippen molar-refractivity contribution in [3.05, 3.63) is 59.7 Å². The zero-order valence-corrected chi connectivity index (χ0v) is 23.3. The molecule has 0 saturated heterocycles. The van der Waals surface area contributed by atoms with Gasteiger partial charge in [0.15, 0.2) is 11.5 Å². The van der Waals surface area contributed by atoms with E-state index >= 15 is 0 Å².